The Balaban J connectivity index is 2.38. The number of carbonyl (C=O) groups is 1. The Morgan fingerprint density at radius 1 is 1.28 bits per heavy atom. The summed E-state index contributed by atoms with van der Waals surface area (Å²) in [6.07, 6.45) is 0. The van der Waals surface area contributed by atoms with E-state index in [1.165, 1.54) is 11.8 Å². The number of hydrogen-bond acceptors (Lipinski definition) is 5. The van der Waals surface area contributed by atoms with Crippen molar-refractivity contribution in [1.82, 2.24) is 15.5 Å². The molecule has 102 valence electrons. The zero-order valence-corrected chi connectivity index (χ0v) is 12.4. The van der Waals surface area contributed by atoms with Crippen molar-refractivity contribution in [2.24, 2.45) is 5.92 Å². The molecule has 6 heteroatoms. The Morgan fingerprint density at radius 3 is 2.44 bits per heavy atom. The lowest BCUT2D eigenvalue weighted by Crippen LogP contribution is -2.37. The van der Waals surface area contributed by atoms with Crippen molar-refractivity contribution in [3.63, 3.8) is 0 Å². The van der Waals surface area contributed by atoms with E-state index in [2.05, 4.69) is 29.4 Å². The Bertz CT molecular complexity index is 390. The van der Waals surface area contributed by atoms with Crippen LogP contribution in [0.2, 0.25) is 0 Å². The molecule has 1 rings (SSSR count). The van der Waals surface area contributed by atoms with E-state index in [0.717, 1.165) is 0 Å². The summed E-state index contributed by atoms with van der Waals surface area (Å²) in [6.45, 7) is 10.1. The van der Waals surface area contributed by atoms with Crippen molar-refractivity contribution >= 4 is 17.7 Å². The van der Waals surface area contributed by atoms with E-state index in [4.69, 9.17) is 4.42 Å². The minimum Gasteiger partial charge on any atom is -0.416 e. The third kappa shape index (κ3) is 4.68. The van der Waals surface area contributed by atoms with Gasteiger partial charge in [0.15, 0.2) is 0 Å². The number of hydrogen-bond donors (Lipinski definition) is 1. The first-order valence-electron chi connectivity index (χ1n) is 6.15. The van der Waals surface area contributed by atoms with Crippen molar-refractivity contribution in [1.29, 1.82) is 0 Å². The average molecular weight is 271 g/mol. The molecule has 18 heavy (non-hydrogen) atoms. The van der Waals surface area contributed by atoms with Crippen molar-refractivity contribution in [3.05, 3.63) is 5.89 Å². The van der Waals surface area contributed by atoms with Crippen molar-refractivity contribution in [2.45, 2.75) is 51.8 Å². The summed E-state index contributed by atoms with van der Waals surface area (Å²) < 4.78 is 5.41. The van der Waals surface area contributed by atoms with E-state index < -0.39 is 0 Å². The van der Waals surface area contributed by atoms with Crippen LogP contribution in [0, 0.1) is 5.92 Å². The molecule has 0 aliphatic rings. The van der Waals surface area contributed by atoms with Gasteiger partial charge in [0, 0.05) is 12.0 Å². The van der Waals surface area contributed by atoms with E-state index in [0.29, 0.717) is 22.8 Å². The second-order valence-corrected chi connectivity index (χ2v) is 5.88. The molecule has 0 aromatic carbocycles. The van der Waals surface area contributed by atoms with Gasteiger partial charge in [-0.1, -0.05) is 39.5 Å². The van der Waals surface area contributed by atoms with Crippen LogP contribution < -0.4 is 5.32 Å². The van der Waals surface area contributed by atoms with Crippen molar-refractivity contribution in [3.8, 4) is 0 Å². The number of aromatic nitrogens is 2. The van der Waals surface area contributed by atoms with Gasteiger partial charge in [-0.15, -0.1) is 10.2 Å². The Hall–Kier alpha value is -1.04. The van der Waals surface area contributed by atoms with E-state index in [1.807, 2.05) is 20.8 Å². The van der Waals surface area contributed by atoms with Crippen LogP contribution in [0.4, 0.5) is 0 Å². The molecule has 0 saturated heterocycles. The van der Waals surface area contributed by atoms with Crippen molar-refractivity contribution < 1.29 is 9.21 Å². The summed E-state index contributed by atoms with van der Waals surface area (Å²) in [6, 6.07) is 0.173. The van der Waals surface area contributed by atoms with E-state index in [9.17, 15) is 4.79 Å². The average Bonchev–Trinajstić information content (AvgIpc) is 2.74. The number of thioether (sulfide) groups is 1. The van der Waals surface area contributed by atoms with Gasteiger partial charge in [0.05, 0.1) is 5.75 Å². The highest BCUT2D eigenvalue weighted by Gasteiger charge is 2.14. The molecule has 1 N–H and O–H groups in total. The van der Waals surface area contributed by atoms with Gasteiger partial charge in [-0.2, -0.15) is 0 Å². The first-order chi connectivity index (χ1) is 8.40. The minimum absolute atomic E-state index is 0.00880. The van der Waals surface area contributed by atoms with Crippen LogP contribution >= 0.6 is 11.8 Å². The van der Waals surface area contributed by atoms with E-state index in [1.54, 1.807) is 0 Å². The lowest BCUT2D eigenvalue weighted by Gasteiger charge is -2.16. The molecule has 1 heterocycles. The molecule has 0 fully saturated rings. The van der Waals surface area contributed by atoms with Crippen LogP contribution in [0.15, 0.2) is 9.64 Å². The largest absolute Gasteiger partial charge is 0.416 e. The smallest absolute Gasteiger partial charge is 0.277 e. The Labute approximate surface area is 112 Å². The molecule has 1 unspecified atom stereocenters. The second-order valence-electron chi connectivity index (χ2n) is 4.95. The summed E-state index contributed by atoms with van der Waals surface area (Å²) in [5.74, 6) is 1.53. The molecular weight excluding hydrogens is 250 g/mol. The first-order valence-corrected chi connectivity index (χ1v) is 7.14. The maximum atomic E-state index is 11.7. The number of carbonyl (C=O) groups excluding carboxylic acids is 1. The molecule has 0 radical (unpaired) electrons. The Kier molecular flexibility index (Phi) is 5.65. The van der Waals surface area contributed by atoms with Crippen LogP contribution in [0.3, 0.4) is 0 Å². The van der Waals surface area contributed by atoms with Gasteiger partial charge in [-0.05, 0) is 12.8 Å². The molecule has 0 aliphatic heterocycles. The predicted octanol–water partition coefficient (Wildman–Crippen LogP) is 2.45. The molecule has 0 spiro atoms. The highest BCUT2D eigenvalue weighted by atomic mass is 32.2. The maximum absolute atomic E-state index is 11.7. The first kappa shape index (κ1) is 15.0. The Morgan fingerprint density at radius 2 is 1.94 bits per heavy atom. The molecule has 5 nitrogen and oxygen atoms in total. The summed E-state index contributed by atoms with van der Waals surface area (Å²) in [5, 5.41) is 11.2. The normalized spacial score (nSPS) is 13.1. The van der Waals surface area contributed by atoms with Gasteiger partial charge in [-0.3, -0.25) is 4.79 Å². The number of nitrogens with one attached hydrogen (secondary N) is 1. The monoisotopic (exact) mass is 271 g/mol. The fraction of sp³-hybridized carbons (Fsp3) is 0.750. The van der Waals surface area contributed by atoms with Crippen LogP contribution in [-0.2, 0) is 4.79 Å². The third-order valence-electron chi connectivity index (χ3n) is 2.63. The van der Waals surface area contributed by atoms with Crippen LogP contribution in [-0.4, -0.2) is 27.9 Å². The number of nitrogens with zero attached hydrogens (tertiary/aromatic N) is 2. The summed E-state index contributed by atoms with van der Waals surface area (Å²) in [5.41, 5.74) is 0. The second kappa shape index (κ2) is 6.78. The molecule has 0 aliphatic carbocycles. The molecule has 1 atom stereocenters. The lowest BCUT2D eigenvalue weighted by molar-refractivity contribution is -0.119. The summed E-state index contributed by atoms with van der Waals surface area (Å²) in [4.78, 5) is 11.7. The fourth-order valence-corrected chi connectivity index (χ4v) is 1.68. The number of amides is 1. The van der Waals surface area contributed by atoms with Crippen LogP contribution in [0.25, 0.3) is 0 Å². The fourth-order valence-electron chi connectivity index (χ4n) is 1.10. The minimum atomic E-state index is -0.00880. The third-order valence-corrected chi connectivity index (χ3v) is 3.45. The molecule has 1 aromatic heterocycles. The van der Waals surface area contributed by atoms with Gasteiger partial charge in [0.25, 0.3) is 5.22 Å². The van der Waals surface area contributed by atoms with Gasteiger partial charge < -0.3 is 9.73 Å². The maximum Gasteiger partial charge on any atom is 0.277 e. The molecule has 0 saturated carbocycles. The lowest BCUT2D eigenvalue weighted by atomic mass is 10.1. The topological polar surface area (TPSA) is 68.0 Å². The highest BCUT2D eigenvalue weighted by molar-refractivity contribution is 7.99. The van der Waals surface area contributed by atoms with Gasteiger partial charge in [0.1, 0.15) is 0 Å². The molecular formula is C12H21N3O2S. The van der Waals surface area contributed by atoms with E-state index >= 15 is 0 Å². The standard InChI is InChI=1S/C12H21N3O2S/c1-7(2)9(5)13-10(16)6-18-12-15-14-11(17-12)8(3)4/h7-9H,6H2,1-5H3,(H,13,16). The van der Waals surface area contributed by atoms with Crippen LogP contribution in [0.1, 0.15) is 46.4 Å². The van der Waals surface area contributed by atoms with Gasteiger partial charge in [0.2, 0.25) is 11.8 Å². The quantitative estimate of drug-likeness (QED) is 0.805. The summed E-state index contributed by atoms with van der Waals surface area (Å²) >= 11 is 1.27. The van der Waals surface area contributed by atoms with Gasteiger partial charge in [-0.25, -0.2) is 0 Å². The van der Waals surface area contributed by atoms with Crippen molar-refractivity contribution in [2.75, 3.05) is 5.75 Å². The van der Waals surface area contributed by atoms with E-state index in [-0.39, 0.29) is 17.9 Å². The zero-order chi connectivity index (χ0) is 13.7. The highest BCUT2D eigenvalue weighted by Crippen LogP contribution is 2.19. The van der Waals surface area contributed by atoms with Crippen LogP contribution in [0.5, 0.6) is 0 Å². The number of rotatable bonds is 6. The summed E-state index contributed by atoms with van der Waals surface area (Å²) in [7, 11) is 0. The van der Waals surface area contributed by atoms with Gasteiger partial charge >= 0.3 is 0 Å². The SMILES string of the molecule is CC(C)c1nnc(SCC(=O)NC(C)C(C)C)o1. The molecule has 1 amide bonds. The molecule has 1 aromatic rings. The predicted molar refractivity (Wildman–Crippen MR) is 71.6 cm³/mol. The molecule has 0 bridgehead atoms. The zero-order valence-electron chi connectivity index (χ0n) is 11.6.